The fourth-order valence-electron chi connectivity index (χ4n) is 2.33. The van der Waals surface area contributed by atoms with Crippen molar-refractivity contribution in [1.82, 2.24) is 0 Å². The normalized spacial score (nSPS) is 14.0. The molecular weight excluding hydrogens is 293 g/mol. The summed E-state index contributed by atoms with van der Waals surface area (Å²) < 4.78 is 0. The zero-order valence-corrected chi connectivity index (χ0v) is 12.5. The lowest BCUT2D eigenvalue weighted by atomic mass is 9.76. The number of hydrogen-bond donors (Lipinski definition) is 2. The van der Waals surface area contributed by atoms with Crippen LogP contribution in [0.5, 0.6) is 0 Å². The topological polar surface area (TPSA) is 46.2 Å². The summed E-state index contributed by atoms with van der Waals surface area (Å²) in [5.41, 5.74) is 7.36. The van der Waals surface area contributed by atoms with E-state index in [-0.39, 0.29) is 6.61 Å². The molecule has 0 saturated carbocycles. The van der Waals surface area contributed by atoms with Crippen LogP contribution in [0.15, 0.2) is 48.5 Å². The van der Waals surface area contributed by atoms with E-state index >= 15 is 0 Å². The first kappa shape index (κ1) is 15.3. The average molecular weight is 310 g/mol. The summed E-state index contributed by atoms with van der Waals surface area (Å²) in [5, 5.41) is 11.1. The fourth-order valence-corrected chi connectivity index (χ4v) is 2.80. The Morgan fingerprint density at radius 1 is 1.05 bits per heavy atom. The molecule has 0 aromatic heterocycles. The first-order valence-corrected chi connectivity index (χ1v) is 7.17. The summed E-state index contributed by atoms with van der Waals surface area (Å²) in [5.74, 6) is 0. The van der Waals surface area contributed by atoms with Gasteiger partial charge in [-0.1, -0.05) is 59.6 Å². The molecule has 20 heavy (non-hydrogen) atoms. The molecule has 0 aliphatic carbocycles. The highest BCUT2D eigenvalue weighted by atomic mass is 35.5. The number of aliphatic hydroxyl groups excluding tert-OH is 1. The first-order valence-electron chi connectivity index (χ1n) is 6.42. The Balaban J connectivity index is 2.39. The summed E-state index contributed by atoms with van der Waals surface area (Å²) in [7, 11) is 0. The molecule has 2 aromatic carbocycles. The van der Waals surface area contributed by atoms with E-state index in [9.17, 15) is 5.11 Å². The van der Waals surface area contributed by atoms with E-state index in [4.69, 9.17) is 28.9 Å². The van der Waals surface area contributed by atoms with Gasteiger partial charge in [0.2, 0.25) is 0 Å². The fraction of sp³-hybridized carbons (Fsp3) is 0.250. The van der Waals surface area contributed by atoms with Gasteiger partial charge >= 0.3 is 0 Å². The predicted molar refractivity (Wildman–Crippen MR) is 84.4 cm³/mol. The van der Waals surface area contributed by atoms with Crippen molar-refractivity contribution in [2.75, 3.05) is 13.2 Å². The zero-order chi connectivity index (χ0) is 14.6. The summed E-state index contributed by atoms with van der Waals surface area (Å²) in [4.78, 5) is 0. The molecule has 0 spiro atoms. The maximum atomic E-state index is 9.89. The van der Waals surface area contributed by atoms with Crippen LogP contribution in [0.4, 0.5) is 0 Å². The molecule has 1 atom stereocenters. The molecule has 1 unspecified atom stereocenters. The monoisotopic (exact) mass is 309 g/mol. The molecule has 0 amide bonds. The Morgan fingerprint density at radius 3 is 2.30 bits per heavy atom. The minimum atomic E-state index is -0.529. The summed E-state index contributed by atoms with van der Waals surface area (Å²) >= 11 is 12.1. The Morgan fingerprint density at radius 2 is 1.75 bits per heavy atom. The Labute approximate surface area is 129 Å². The van der Waals surface area contributed by atoms with Gasteiger partial charge in [0, 0.05) is 22.0 Å². The van der Waals surface area contributed by atoms with Gasteiger partial charge in [0.1, 0.15) is 0 Å². The predicted octanol–water partition coefficient (Wildman–Crippen LogP) is 3.42. The Bertz CT molecular complexity index is 568. The highest BCUT2D eigenvalue weighted by molar-refractivity contribution is 6.35. The van der Waals surface area contributed by atoms with Gasteiger partial charge in [0.25, 0.3) is 0 Å². The molecule has 4 heteroatoms. The second kappa shape index (κ2) is 6.59. The minimum absolute atomic E-state index is 0.0352. The third kappa shape index (κ3) is 3.15. The average Bonchev–Trinajstić information content (AvgIpc) is 2.48. The SMILES string of the molecule is NCC(CO)(Cc1ccc(Cl)cc1Cl)c1ccccc1. The van der Waals surface area contributed by atoms with E-state index in [1.165, 1.54) is 0 Å². The van der Waals surface area contributed by atoms with Crippen LogP contribution in [0.25, 0.3) is 0 Å². The van der Waals surface area contributed by atoms with E-state index in [0.717, 1.165) is 11.1 Å². The molecule has 0 saturated heterocycles. The smallest absolute Gasteiger partial charge is 0.0543 e. The van der Waals surface area contributed by atoms with Crippen LogP contribution in [0, 0.1) is 0 Å². The largest absolute Gasteiger partial charge is 0.395 e. The number of halogens is 2. The van der Waals surface area contributed by atoms with Gasteiger partial charge in [-0.15, -0.1) is 0 Å². The van der Waals surface area contributed by atoms with E-state index in [2.05, 4.69) is 0 Å². The van der Waals surface area contributed by atoms with E-state index in [1.807, 2.05) is 36.4 Å². The van der Waals surface area contributed by atoms with Crippen molar-refractivity contribution in [3.63, 3.8) is 0 Å². The van der Waals surface area contributed by atoms with Crippen molar-refractivity contribution in [2.24, 2.45) is 5.73 Å². The maximum Gasteiger partial charge on any atom is 0.0543 e. The third-order valence-electron chi connectivity index (χ3n) is 3.62. The molecule has 0 aliphatic heterocycles. The van der Waals surface area contributed by atoms with Crippen LogP contribution in [-0.4, -0.2) is 18.3 Å². The number of hydrogen-bond acceptors (Lipinski definition) is 2. The quantitative estimate of drug-likeness (QED) is 0.889. The van der Waals surface area contributed by atoms with Crippen LogP contribution in [-0.2, 0) is 11.8 Å². The van der Waals surface area contributed by atoms with Gasteiger partial charge in [-0.25, -0.2) is 0 Å². The first-order chi connectivity index (χ1) is 9.61. The molecule has 2 nitrogen and oxygen atoms in total. The molecule has 0 radical (unpaired) electrons. The minimum Gasteiger partial charge on any atom is -0.395 e. The van der Waals surface area contributed by atoms with Crippen molar-refractivity contribution >= 4 is 23.2 Å². The van der Waals surface area contributed by atoms with Gasteiger partial charge in [-0.05, 0) is 29.7 Å². The van der Waals surface area contributed by atoms with E-state index in [1.54, 1.807) is 12.1 Å². The number of benzene rings is 2. The summed E-state index contributed by atoms with van der Waals surface area (Å²) in [6.45, 7) is 0.305. The van der Waals surface area contributed by atoms with Gasteiger partial charge in [-0.2, -0.15) is 0 Å². The van der Waals surface area contributed by atoms with Crippen molar-refractivity contribution in [3.8, 4) is 0 Å². The highest BCUT2D eigenvalue weighted by Gasteiger charge is 2.31. The highest BCUT2D eigenvalue weighted by Crippen LogP contribution is 2.31. The van der Waals surface area contributed by atoms with Crippen LogP contribution >= 0.6 is 23.2 Å². The molecule has 0 heterocycles. The Hall–Kier alpha value is -1.06. The van der Waals surface area contributed by atoms with Crippen LogP contribution in [0.2, 0.25) is 10.0 Å². The van der Waals surface area contributed by atoms with Crippen molar-refractivity contribution < 1.29 is 5.11 Å². The lowest BCUT2D eigenvalue weighted by molar-refractivity contribution is 0.196. The number of rotatable bonds is 5. The second-order valence-electron chi connectivity index (χ2n) is 4.92. The lowest BCUT2D eigenvalue weighted by Gasteiger charge is -2.31. The molecule has 0 aliphatic rings. The van der Waals surface area contributed by atoms with Gasteiger partial charge in [0.05, 0.1) is 6.61 Å². The molecular formula is C16H17Cl2NO. The Kier molecular flexibility index (Phi) is 5.06. The van der Waals surface area contributed by atoms with Crippen molar-refractivity contribution in [2.45, 2.75) is 11.8 Å². The molecule has 2 aromatic rings. The van der Waals surface area contributed by atoms with Crippen LogP contribution < -0.4 is 5.73 Å². The zero-order valence-electron chi connectivity index (χ0n) is 11.0. The standard InChI is InChI=1S/C16H17Cl2NO/c17-14-7-6-12(15(18)8-14)9-16(10-19,11-20)13-4-2-1-3-5-13/h1-8,20H,9-11,19H2. The van der Waals surface area contributed by atoms with Crippen molar-refractivity contribution in [1.29, 1.82) is 0 Å². The molecule has 0 fully saturated rings. The number of nitrogens with two attached hydrogens (primary N) is 1. The van der Waals surface area contributed by atoms with Gasteiger partial charge in [-0.3, -0.25) is 0 Å². The summed E-state index contributed by atoms with van der Waals surface area (Å²) in [6, 6.07) is 15.2. The van der Waals surface area contributed by atoms with E-state index < -0.39 is 5.41 Å². The van der Waals surface area contributed by atoms with Gasteiger partial charge < -0.3 is 10.8 Å². The molecule has 3 N–H and O–H groups in total. The van der Waals surface area contributed by atoms with Gasteiger partial charge in [0.15, 0.2) is 0 Å². The molecule has 0 bridgehead atoms. The van der Waals surface area contributed by atoms with Crippen LogP contribution in [0.3, 0.4) is 0 Å². The maximum absolute atomic E-state index is 9.89. The van der Waals surface area contributed by atoms with Crippen molar-refractivity contribution in [3.05, 3.63) is 69.7 Å². The lowest BCUT2D eigenvalue weighted by Crippen LogP contribution is -2.41. The second-order valence-corrected chi connectivity index (χ2v) is 5.76. The molecule has 2 rings (SSSR count). The number of aliphatic hydroxyl groups is 1. The van der Waals surface area contributed by atoms with Crippen LogP contribution in [0.1, 0.15) is 11.1 Å². The molecule has 106 valence electrons. The summed E-state index contributed by atoms with van der Waals surface area (Å²) in [6.07, 6.45) is 0.569. The third-order valence-corrected chi connectivity index (χ3v) is 4.21. The van der Waals surface area contributed by atoms with E-state index in [0.29, 0.717) is 23.0 Å².